The molecule has 3 aliphatic carbocycles. The molecule has 3 aromatic carbocycles. The summed E-state index contributed by atoms with van der Waals surface area (Å²) in [5.41, 5.74) is 6.02. The monoisotopic (exact) mass is 1080 g/mol. The van der Waals surface area contributed by atoms with E-state index in [9.17, 15) is 28.8 Å². The maximum atomic E-state index is 13.3. The first-order valence-electron chi connectivity index (χ1n) is 27.9. The fraction of sp³-hybridized carbons (Fsp3) is 0.600. The van der Waals surface area contributed by atoms with Crippen LogP contribution < -0.4 is 0 Å². The topological polar surface area (TPSA) is 177 Å². The molecule has 6 atom stereocenters. The Balaban J connectivity index is 1.31. The van der Waals surface area contributed by atoms with E-state index in [1.54, 1.807) is 0 Å². The minimum Gasteiger partial charge on any atom is -0.468 e. The highest BCUT2D eigenvalue weighted by Gasteiger charge is 2.40. The Kier molecular flexibility index (Phi) is 23.0. The molecule has 0 spiro atoms. The lowest BCUT2D eigenvalue weighted by Crippen LogP contribution is -2.55. The second-order valence-electron chi connectivity index (χ2n) is 21.6. The van der Waals surface area contributed by atoms with E-state index in [1.807, 2.05) is 0 Å². The quantitative estimate of drug-likeness (QED) is 0.155. The van der Waals surface area contributed by atoms with Crippen molar-refractivity contribution in [3.63, 3.8) is 0 Å². The van der Waals surface area contributed by atoms with Crippen LogP contribution in [0.15, 0.2) is 72.8 Å². The van der Waals surface area contributed by atoms with Gasteiger partial charge in [-0.05, 0) is 71.9 Å². The summed E-state index contributed by atoms with van der Waals surface area (Å²) in [5.74, 6) is -2.09. The molecule has 3 aromatic rings. The van der Waals surface area contributed by atoms with Gasteiger partial charge in [-0.2, -0.15) is 0 Å². The average Bonchev–Trinajstić information content (AvgIpc) is 3.48. The number of carbonyl (C=O) groups is 6. The van der Waals surface area contributed by atoms with Crippen LogP contribution in [-0.4, -0.2) is 183 Å². The molecule has 18 nitrogen and oxygen atoms in total. The molecule has 7 aliphatic rings. The Morgan fingerprint density at radius 2 is 0.410 bits per heavy atom. The summed E-state index contributed by atoms with van der Waals surface area (Å²) in [6.07, 6.45) is 10.7. The van der Waals surface area contributed by atoms with Crippen LogP contribution in [0.25, 0.3) is 0 Å². The summed E-state index contributed by atoms with van der Waals surface area (Å²) >= 11 is 0. The molecule has 0 N–H and O–H groups in total. The Bertz CT molecular complexity index is 1990. The molecule has 78 heavy (non-hydrogen) atoms. The normalized spacial score (nSPS) is 23.9. The van der Waals surface area contributed by atoms with Crippen molar-refractivity contribution < 1.29 is 57.2 Å². The van der Waals surface area contributed by atoms with E-state index in [2.05, 4.69) is 102 Å². The van der Waals surface area contributed by atoms with E-state index in [0.29, 0.717) is 39.3 Å². The van der Waals surface area contributed by atoms with E-state index >= 15 is 0 Å². The molecule has 4 heterocycles. The summed E-state index contributed by atoms with van der Waals surface area (Å²) < 4.78 is 31.7. The summed E-state index contributed by atoms with van der Waals surface area (Å²) in [5, 5.41) is 0. The number of nitrogens with zero attached hydrogens (tertiary/aromatic N) is 6. The number of benzene rings is 3. The smallest absolute Gasteiger partial charge is 0.319 e. The SMILES string of the molecule is COC(=O)CN1Cc2ccc(cc2)CN(CC(=O)OC)[C@@H]2CCCC[C@H]2N(CC(=O)OC)Cc2ccc(cc2)CN(CC(=O)OC)[C@@H]2CCCC[C@H]2N(CC(=O)OC)Cc2ccc(cc2)CN(CC(=O)OC)[C@@H]2CCCC[C@H]21. The molecule has 0 amide bonds. The summed E-state index contributed by atoms with van der Waals surface area (Å²) in [4.78, 5) is 92.7. The number of hydrogen-bond acceptors (Lipinski definition) is 18. The van der Waals surface area contributed by atoms with Gasteiger partial charge in [0.15, 0.2) is 0 Å². The van der Waals surface area contributed by atoms with Gasteiger partial charge >= 0.3 is 35.8 Å². The molecule has 0 unspecified atom stereocenters. The van der Waals surface area contributed by atoms with Crippen LogP contribution in [0.2, 0.25) is 0 Å². The molecule has 6 bridgehead atoms. The van der Waals surface area contributed by atoms with Crippen molar-refractivity contribution >= 4 is 35.8 Å². The second kappa shape index (κ2) is 30.0. The van der Waals surface area contributed by atoms with Gasteiger partial charge in [0.05, 0.1) is 81.9 Å². The van der Waals surface area contributed by atoms with Crippen LogP contribution in [0.3, 0.4) is 0 Å². The highest BCUT2D eigenvalue weighted by Crippen LogP contribution is 2.34. The zero-order valence-corrected chi connectivity index (χ0v) is 46.9. The van der Waals surface area contributed by atoms with Crippen LogP contribution in [0.1, 0.15) is 110 Å². The molecule has 0 aromatic heterocycles. The third-order valence-corrected chi connectivity index (χ3v) is 16.6. The molecule has 4 aliphatic heterocycles. The van der Waals surface area contributed by atoms with Gasteiger partial charge in [-0.1, -0.05) is 111 Å². The number of esters is 6. The van der Waals surface area contributed by atoms with Gasteiger partial charge in [0.2, 0.25) is 0 Å². The van der Waals surface area contributed by atoms with Gasteiger partial charge in [-0.15, -0.1) is 0 Å². The first kappa shape index (κ1) is 59.9. The van der Waals surface area contributed by atoms with Gasteiger partial charge in [-0.3, -0.25) is 58.2 Å². The van der Waals surface area contributed by atoms with E-state index in [1.165, 1.54) is 42.7 Å². The second-order valence-corrected chi connectivity index (χ2v) is 21.6. The first-order chi connectivity index (χ1) is 37.8. The van der Waals surface area contributed by atoms with Crippen molar-refractivity contribution in [2.24, 2.45) is 0 Å². The summed E-state index contributed by atoms with van der Waals surface area (Å²) in [6, 6.07) is 24.4. The summed E-state index contributed by atoms with van der Waals surface area (Å²) in [7, 11) is 8.43. The van der Waals surface area contributed by atoms with Gasteiger partial charge < -0.3 is 28.4 Å². The van der Waals surface area contributed by atoms with Crippen molar-refractivity contribution in [2.45, 2.75) is 153 Å². The molecule has 426 valence electrons. The van der Waals surface area contributed by atoms with Crippen molar-refractivity contribution in [3.05, 3.63) is 106 Å². The Hall–Kier alpha value is -5.76. The summed E-state index contributed by atoms with van der Waals surface area (Å²) in [6.45, 7) is 3.13. The molecule has 3 fully saturated rings. The Morgan fingerprint density at radius 3 is 0.526 bits per heavy atom. The van der Waals surface area contributed by atoms with Crippen molar-refractivity contribution in [2.75, 3.05) is 81.9 Å². The first-order valence-corrected chi connectivity index (χ1v) is 27.9. The maximum absolute atomic E-state index is 13.3. The van der Waals surface area contributed by atoms with Crippen molar-refractivity contribution in [1.29, 1.82) is 0 Å². The van der Waals surface area contributed by atoms with Gasteiger partial charge in [0, 0.05) is 75.5 Å². The average molecular weight is 1080 g/mol. The lowest BCUT2D eigenvalue weighted by atomic mass is 9.86. The van der Waals surface area contributed by atoms with Gasteiger partial charge in [0.25, 0.3) is 0 Å². The van der Waals surface area contributed by atoms with Crippen LogP contribution in [0, 0.1) is 0 Å². The molecule has 0 saturated heterocycles. The molecule has 10 rings (SSSR count). The lowest BCUT2D eigenvalue weighted by Gasteiger charge is -2.45. The van der Waals surface area contributed by atoms with E-state index < -0.39 is 0 Å². The predicted octanol–water partition coefficient (Wildman–Crippen LogP) is 5.88. The van der Waals surface area contributed by atoms with E-state index in [4.69, 9.17) is 28.4 Å². The zero-order valence-electron chi connectivity index (χ0n) is 46.9. The largest absolute Gasteiger partial charge is 0.468 e. The van der Waals surface area contributed by atoms with Crippen LogP contribution in [-0.2, 0) is 96.5 Å². The minimum atomic E-state index is -0.348. The van der Waals surface area contributed by atoms with E-state index in [0.717, 1.165) is 110 Å². The fourth-order valence-electron chi connectivity index (χ4n) is 12.6. The van der Waals surface area contributed by atoms with Crippen molar-refractivity contribution in [1.82, 2.24) is 29.4 Å². The van der Waals surface area contributed by atoms with Crippen LogP contribution in [0.5, 0.6) is 0 Å². The van der Waals surface area contributed by atoms with Crippen molar-refractivity contribution in [3.8, 4) is 0 Å². The highest BCUT2D eigenvalue weighted by atomic mass is 16.5. The van der Waals surface area contributed by atoms with Crippen LogP contribution in [0.4, 0.5) is 0 Å². The Morgan fingerprint density at radius 1 is 0.282 bits per heavy atom. The number of carbonyl (C=O) groups excluding carboxylic acids is 6. The number of methoxy groups -OCH3 is 6. The maximum Gasteiger partial charge on any atom is 0.319 e. The molecule has 3 saturated carbocycles. The standard InChI is InChI=1S/C60H84N6O12/c1-73-55(67)37-61-31-43-19-21-44(22-20-43)33-63(39-57(69)75-3)51-15-9-10-16-52(51)65(41-59(71)77-5)35-47-27-29-48(30-28-47)36-66(42-60(72)78-6)54-18-12-11-17-53(54)64(40-58(70)76-4)34-46-25-23-45(24-26-46)32-62(38-56(68)74-2)50-14-8-7-13-49(50)61/h19-30,49-54H,7-18,31-42H2,1-6H3/t49-,50-,51-,52-,53-,54-/m1/s1. The Labute approximate surface area is 461 Å². The predicted molar refractivity (Wildman–Crippen MR) is 292 cm³/mol. The molecule has 18 heteroatoms. The van der Waals surface area contributed by atoms with Crippen LogP contribution >= 0.6 is 0 Å². The number of rotatable bonds is 12. The molecular formula is C60H84N6O12. The third-order valence-electron chi connectivity index (χ3n) is 16.6. The fourth-order valence-corrected chi connectivity index (χ4v) is 12.6. The molecular weight excluding hydrogens is 997 g/mol. The number of hydrogen-bond donors (Lipinski definition) is 0. The van der Waals surface area contributed by atoms with Gasteiger partial charge in [0.1, 0.15) is 0 Å². The minimum absolute atomic E-state index is 0.0622. The molecule has 0 radical (unpaired) electrons. The highest BCUT2D eigenvalue weighted by molar-refractivity contribution is 5.73. The van der Waals surface area contributed by atoms with Gasteiger partial charge in [-0.25, -0.2) is 0 Å². The number of fused-ring (bicyclic) bond motifs is 3. The third kappa shape index (κ3) is 16.9. The van der Waals surface area contributed by atoms with E-state index in [-0.39, 0.29) is 111 Å². The lowest BCUT2D eigenvalue weighted by molar-refractivity contribution is -0.146. The zero-order chi connectivity index (χ0) is 55.6. The number of ether oxygens (including phenoxy) is 6.